The van der Waals surface area contributed by atoms with Gasteiger partial charge in [-0.15, -0.1) is 0 Å². The zero-order valence-electron chi connectivity index (χ0n) is 16.1. The summed E-state index contributed by atoms with van der Waals surface area (Å²) in [7, 11) is 0. The fourth-order valence-electron chi connectivity index (χ4n) is 3.44. The quantitative estimate of drug-likeness (QED) is 0.683. The van der Waals surface area contributed by atoms with E-state index in [1.807, 2.05) is 30.3 Å². The minimum absolute atomic E-state index is 0.0718. The van der Waals surface area contributed by atoms with Crippen LogP contribution in [-0.2, 0) is 32.4 Å². The smallest absolute Gasteiger partial charge is 0.249 e. The van der Waals surface area contributed by atoms with E-state index in [0.717, 1.165) is 47.8 Å². The maximum absolute atomic E-state index is 12.5. The van der Waals surface area contributed by atoms with Crippen molar-refractivity contribution < 1.29 is 14.3 Å². The molecule has 29 heavy (non-hydrogen) atoms. The second-order valence-corrected chi connectivity index (χ2v) is 8.08. The van der Waals surface area contributed by atoms with Gasteiger partial charge in [0.05, 0.1) is 11.8 Å². The van der Waals surface area contributed by atoms with Crippen molar-refractivity contribution in [2.75, 3.05) is 18.5 Å². The lowest BCUT2D eigenvalue weighted by Gasteiger charge is -2.12. The molecule has 2 aliphatic heterocycles. The monoisotopic (exact) mass is 412 g/mol. The molecule has 4 rings (SSSR count). The van der Waals surface area contributed by atoms with Crippen LogP contribution in [0.15, 0.2) is 36.4 Å². The number of fused-ring (bicyclic) bond motifs is 1. The van der Waals surface area contributed by atoms with Crippen LogP contribution in [0.1, 0.15) is 29.7 Å². The summed E-state index contributed by atoms with van der Waals surface area (Å²) < 4.78 is 7.14. The van der Waals surface area contributed by atoms with Gasteiger partial charge < -0.3 is 15.4 Å². The molecule has 1 fully saturated rings. The summed E-state index contributed by atoms with van der Waals surface area (Å²) in [6, 6.07) is 9.64. The van der Waals surface area contributed by atoms with Crippen LogP contribution in [0, 0.1) is 0 Å². The molecule has 0 spiro atoms. The highest BCUT2D eigenvalue weighted by Crippen LogP contribution is 2.34. The van der Waals surface area contributed by atoms with Gasteiger partial charge in [-0.05, 0) is 24.5 Å². The lowest BCUT2D eigenvalue weighted by molar-refractivity contribution is -0.122. The summed E-state index contributed by atoms with van der Waals surface area (Å²) in [5.41, 5.74) is 2.89. The number of aromatic nitrogens is 2. The molecular weight excluding hydrogens is 388 g/mol. The number of hydrogen-bond donors (Lipinski definition) is 2. The van der Waals surface area contributed by atoms with Gasteiger partial charge in [0.15, 0.2) is 0 Å². The summed E-state index contributed by atoms with van der Waals surface area (Å²) in [5, 5.41) is 10.4. The number of nitrogens with zero attached hydrogens (tertiary/aromatic N) is 2. The van der Waals surface area contributed by atoms with Crippen LogP contribution in [0.5, 0.6) is 0 Å². The Balaban J connectivity index is 1.41. The van der Waals surface area contributed by atoms with Crippen molar-refractivity contribution in [2.45, 2.75) is 37.0 Å². The van der Waals surface area contributed by atoms with Gasteiger partial charge >= 0.3 is 0 Å². The highest BCUT2D eigenvalue weighted by atomic mass is 32.2. The van der Waals surface area contributed by atoms with Gasteiger partial charge in [0.1, 0.15) is 12.4 Å². The maximum Gasteiger partial charge on any atom is 0.249 e. The summed E-state index contributed by atoms with van der Waals surface area (Å²) >= 11 is 1.75. The van der Waals surface area contributed by atoms with Crippen LogP contribution in [0.25, 0.3) is 6.08 Å². The largest absolute Gasteiger partial charge is 0.376 e. The number of thioether (sulfide) groups is 1. The fourth-order valence-corrected chi connectivity index (χ4v) is 4.47. The van der Waals surface area contributed by atoms with Crippen molar-refractivity contribution in [2.24, 2.45) is 0 Å². The van der Waals surface area contributed by atoms with E-state index in [-0.39, 0.29) is 24.5 Å². The minimum Gasteiger partial charge on any atom is -0.376 e. The van der Waals surface area contributed by atoms with Crippen molar-refractivity contribution in [3.63, 3.8) is 0 Å². The average Bonchev–Trinajstić information content (AvgIpc) is 3.46. The summed E-state index contributed by atoms with van der Waals surface area (Å²) in [6.07, 6.45) is 5.37. The molecule has 2 aromatic rings. The van der Waals surface area contributed by atoms with Gasteiger partial charge in [-0.25, -0.2) is 4.68 Å². The van der Waals surface area contributed by atoms with E-state index in [1.165, 1.54) is 6.08 Å². The molecule has 1 saturated heterocycles. The van der Waals surface area contributed by atoms with Gasteiger partial charge in [-0.3, -0.25) is 9.59 Å². The first kappa shape index (κ1) is 19.7. The molecule has 3 heterocycles. The Labute approximate surface area is 173 Å². The minimum atomic E-state index is -0.241. The van der Waals surface area contributed by atoms with E-state index in [2.05, 4.69) is 15.7 Å². The molecule has 1 aromatic heterocycles. The van der Waals surface area contributed by atoms with Gasteiger partial charge in [-0.1, -0.05) is 30.3 Å². The predicted molar refractivity (Wildman–Crippen MR) is 113 cm³/mol. The third kappa shape index (κ3) is 5.07. The molecule has 8 heteroatoms. The van der Waals surface area contributed by atoms with Crippen LogP contribution in [-0.4, -0.2) is 40.9 Å². The molecule has 0 bridgehead atoms. The molecular formula is C21H24N4O3S. The Kier molecular flexibility index (Phi) is 6.31. The fraction of sp³-hybridized carbons (Fsp3) is 0.381. The van der Waals surface area contributed by atoms with Crippen molar-refractivity contribution in [1.82, 2.24) is 15.1 Å². The third-order valence-corrected chi connectivity index (χ3v) is 5.90. The first-order valence-corrected chi connectivity index (χ1v) is 10.9. The van der Waals surface area contributed by atoms with Crippen LogP contribution in [0.4, 0.5) is 5.82 Å². The SMILES string of the molecule is O=C(C=Cc1ccccc1)Nc1c2c(nn1CC(=O)NCC1CCCO1)CSC2. The second-order valence-electron chi connectivity index (χ2n) is 7.10. The predicted octanol–water partition coefficient (Wildman–Crippen LogP) is 2.58. The van der Waals surface area contributed by atoms with Crippen molar-refractivity contribution in [3.8, 4) is 0 Å². The molecule has 7 nitrogen and oxygen atoms in total. The molecule has 152 valence electrons. The van der Waals surface area contributed by atoms with E-state index >= 15 is 0 Å². The summed E-state index contributed by atoms with van der Waals surface area (Å²) in [6.45, 7) is 1.34. The molecule has 2 amide bonds. The number of ether oxygens (including phenoxy) is 1. The molecule has 0 radical (unpaired) electrons. The highest BCUT2D eigenvalue weighted by molar-refractivity contribution is 7.98. The number of anilines is 1. The number of carbonyl (C=O) groups excluding carboxylic acids is 2. The molecule has 0 aliphatic carbocycles. The second kappa shape index (κ2) is 9.28. The van der Waals surface area contributed by atoms with Crippen LogP contribution >= 0.6 is 11.8 Å². The molecule has 0 saturated carbocycles. The first-order chi connectivity index (χ1) is 14.2. The van der Waals surface area contributed by atoms with Crippen LogP contribution < -0.4 is 10.6 Å². The summed E-state index contributed by atoms with van der Waals surface area (Å²) in [4.78, 5) is 24.8. The zero-order chi connectivity index (χ0) is 20.1. The number of nitrogens with one attached hydrogen (secondary N) is 2. The van der Waals surface area contributed by atoms with Gasteiger partial charge in [0.25, 0.3) is 0 Å². The first-order valence-electron chi connectivity index (χ1n) is 9.78. The number of benzene rings is 1. The molecule has 1 unspecified atom stereocenters. The highest BCUT2D eigenvalue weighted by Gasteiger charge is 2.25. The maximum atomic E-state index is 12.5. The van der Waals surface area contributed by atoms with E-state index in [4.69, 9.17) is 4.74 Å². The van der Waals surface area contributed by atoms with E-state index in [0.29, 0.717) is 12.4 Å². The number of hydrogen-bond acceptors (Lipinski definition) is 5. The number of amides is 2. The summed E-state index contributed by atoms with van der Waals surface area (Å²) in [5.74, 6) is 1.81. The van der Waals surface area contributed by atoms with E-state index in [9.17, 15) is 9.59 Å². The van der Waals surface area contributed by atoms with E-state index < -0.39 is 0 Å². The van der Waals surface area contributed by atoms with E-state index in [1.54, 1.807) is 22.5 Å². The van der Waals surface area contributed by atoms with Gasteiger partial charge in [0.2, 0.25) is 11.8 Å². The Morgan fingerprint density at radius 1 is 1.28 bits per heavy atom. The lowest BCUT2D eigenvalue weighted by atomic mass is 10.2. The molecule has 1 aromatic carbocycles. The standard InChI is InChI=1S/C21H24N4O3S/c26-19(9-8-15-5-2-1-3-6-15)23-21-17-13-29-14-18(17)24-25(21)12-20(27)22-11-16-7-4-10-28-16/h1-3,5-6,8-9,16H,4,7,10-14H2,(H,22,27)(H,23,26). The van der Waals surface area contributed by atoms with Crippen molar-refractivity contribution in [3.05, 3.63) is 53.2 Å². The number of carbonyl (C=O) groups is 2. The Hall–Kier alpha value is -2.58. The van der Waals surface area contributed by atoms with Crippen LogP contribution in [0.2, 0.25) is 0 Å². The van der Waals surface area contributed by atoms with Crippen LogP contribution in [0.3, 0.4) is 0 Å². The Morgan fingerprint density at radius 3 is 2.93 bits per heavy atom. The van der Waals surface area contributed by atoms with Gasteiger partial charge in [0, 0.05) is 36.3 Å². The average molecular weight is 413 g/mol. The Bertz CT molecular complexity index is 904. The third-order valence-electron chi connectivity index (χ3n) is 4.93. The van der Waals surface area contributed by atoms with Gasteiger partial charge in [-0.2, -0.15) is 16.9 Å². The van der Waals surface area contributed by atoms with Crippen molar-refractivity contribution in [1.29, 1.82) is 0 Å². The lowest BCUT2D eigenvalue weighted by Crippen LogP contribution is -2.34. The molecule has 2 aliphatic rings. The van der Waals surface area contributed by atoms with Crippen molar-refractivity contribution >= 4 is 35.5 Å². The Morgan fingerprint density at radius 2 is 2.14 bits per heavy atom. The topological polar surface area (TPSA) is 85.2 Å². The normalized spacial score (nSPS) is 18.1. The molecule has 1 atom stereocenters. The molecule has 2 N–H and O–H groups in total. The number of rotatable bonds is 7. The zero-order valence-corrected chi connectivity index (χ0v) is 16.9.